The molecule has 1 amide bonds. The van der Waals surface area contributed by atoms with Crippen molar-refractivity contribution in [1.29, 1.82) is 0 Å². The molecule has 2 aromatic carbocycles. The van der Waals surface area contributed by atoms with E-state index in [2.05, 4.69) is 0 Å². The summed E-state index contributed by atoms with van der Waals surface area (Å²) in [5.74, 6) is -0.233. The van der Waals surface area contributed by atoms with Crippen molar-refractivity contribution < 1.29 is 18.0 Å². The van der Waals surface area contributed by atoms with E-state index in [-0.39, 0.29) is 5.91 Å². The molecule has 0 aliphatic carbocycles. The zero-order chi connectivity index (χ0) is 17.6. The van der Waals surface area contributed by atoms with Gasteiger partial charge in [0.1, 0.15) is 6.04 Å². The SMILES string of the molecule is Cc1ccc(N2C(=O)[C@H](N)[C@H]2c2ccc(C(F)(F)F)cc2)cc1C. The average Bonchev–Trinajstić information content (AvgIpc) is 2.54. The summed E-state index contributed by atoms with van der Waals surface area (Å²) in [7, 11) is 0. The quantitative estimate of drug-likeness (QED) is 0.851. The lowest BCUT2D eigenvalue weighted by Crippen LogP contribution is -2.63. The summed E-state index contributed by atoms with van der Waals surface area (Å²) in [6.07, 6.45) is -4.39. The van der Waals surface area contributed by atoms with Gasteiger partial charge in [0, 0.05) is 5.69 Å². The Morgan fingerprint density at radius 3 is 2.17 bits per heavy atom. The smallest absolute Gasteiger partial charge is 0.318 e. The Balaban J connectivity index is 1.94. The maximum absolute atomic E-state index is 12.7. The van der Waals surface area contributed by atoms with E-state index in [1.165, 1.54) is 12.1 Å². The Morgan fingerprint density at radius 2 is 1.62 bits per heavy atom. The molecule has 1 aliphatic heterocycles. The van der Waals surface area contributed by atoms with Crippen LogP contribution in [-0.4, -0.2) is 11.9 Å². The van der Waals surface area contributed by atoms with E-state index < -0.39 is 23.8 Å². The van der Waals surface area contributed by atoms with Crippen LogP contribution in [0.25, 0.3) is 0 Å². The fraction of sp³-hybridized carbons (Fsp3) is 0.278. The minimum atomic E-state index is -4.39. The molecule has 2 N–H and O–H groups in total. The molecule has 2 atom stereocenters. The first-order valence-corrected chi connectivity index (χ1v) is 7.53. The van der Waals surface area contributed by atoms with Crippen molar-refractivity contribution in [3.63, 3.8) is 0 Å². The molecule has 1 heterocycles. The number of nitrogens with two attached hydrogens (primary N) is 1. The molecule has 2 aromatic rings. The van der Waals surface area contributed by atoms with Crippen LogP contribution in [-0.2, 0) is 11.0 Å². The Kier molecular flexibility index (Phi) is 3.87. The van der Waals surface area contributed by atoms with Gasteiger partial charge in [-0.1, -0.05) is 18.2 Å². The number of carbonyl (C=O) groups excluding carboxylic acids is 1. The first-order chi connectivity index (χ1) is 11.2. The molecule has 0 radical (unpaired) electrons. The van der Waals surface area contributed by atoms with Gasteiger partial charge >= 0.3 is 6.18 Å². The summed E-state index contributed by atoms with van der Waals surface area (Å²) >= 11 is 0. The highest BCUT2D eigenvalue weighted by molar-refractivity contribution is 6.05. The molecule has 3 nitrogen and oxygen atoms in total. The number of amides is 1. The highest BCUT2D eigenvalue weighted by atomic mass is 19.4. The van der Waals surface area contributed by atoms with Crippen LogP contribution >= 0.6 is 0 Å². The van der Waals surface area contributed by atoms with Crippen molar-refractivity contribution in [3.8, 4) is 0 Å². The first-order valence-electron chi connectivity index (χ1n) is 7.53. The van der Waals surface area contributed by atoms with Crippen molar-refractivity contribution in [2.75, 3.05) is 4.90 Å². The van der Waals surface area contributed by atoms with Crippen LogP contribution in [0.1, 0.15) is 28.3 Å². The number of nitrogens with zero attached hydrogens (tertiary/aromatic N) is 1. The van der Waals surface area contributed by atoms with Gasteiger partial charge in [-0.15, -0.1) is 0 Å². The van der Waals surface area contributed by atoms with Gasteiger partial charge in [0.2, 0.25) is 5.91 Å². The number of β-lactam (4-membered cyclic amide) rings is 1. The predicted molar refractivity (Wildman–Crippen MR) is 85.6 cm³/mol. The molecule has 1 aliphatic rings. The molecule has 0 spiro atoms. The van der Waals surface area contributed by atoms with Gasteiger partial charge in [-0.3, -0.25) is 4.79 Å². The Bertz CT molecular complexity index is 784. The maximum Gasteiger partial charge on any atom is 0.416 e. The fourth-order valence-electron chi connectivity index (χ4n) is 2.90. The predicted octanol–water partition coefficient (Wildman–Crippen LogP) is 3.74. The summed E-state index contributed by atoms with van der Waals surface area (Å²) in [5, 5.41) is 0. The van der Waals surface area contributed by atoms with Gasteiger partial charge in [-0.05, 0) is 54.8 Å². The van der Waals surface area contributed by atoms with Crippen molar-refractivity contribution in [2.45, 2.75) is 32.1 Å². The minimum Gasteiger partial charge on any atom is -0.318 e. The van der Waals surface area contributed by atoms with Crippen LogP contribution < -0.4 is 10.6 Å². The second-order valence-corrected chi connectivity index (χ2v) is 6.07. The number of benzene rings is 2. The van der Waals surface area contributed by atoms with Crippen LogP contribution in [0.4, 0.5) is 18.9 Å². The van der Waals surface area contributed by atoms with Crippen molar-refractivity contribution in [1.82, 2.24) is 0 Å². The van der Waals surface area contributed by atoms with Crippen LogP contribution in [0.3, 0.4) is 0 Å². The molecule has 0 unspecified atom stereocenters. The van der Waals surface area contributed by atoms with Crippen LogP contribution in [0.2, 0.25) is 0 Å². The number of hydrogen-bond acceptors (Lipinski definition) is 2. The summed E-state index contributed by atoms with van der Waals surface area (Å²) < 4.78 is 38.1. The number of alkyl halides is 3. The lowest BCUT2D eigenvalue weighted by atomic mass is 9.87. The molecule has 6 heteroatoms. The molecule has 3 rings (SSSR count). The Labute approximate surface area is 137 Å². The lowest BCUT2D eigenvalue weighted by molar-refractivity contribution is -0.137. The van der Waals surface area contributed by atoms with Crippen LogP contribution in [0.5, 0.6) is 0 Å². The van der Waals surface area contributed by atoms with Crippen LogP contribution in [0, 0.1) is 13.8 Å². The standard InChI is InChI=1S/C18H17F3N2O/c1-10-3-8-14(9-11(10)2)23-16(15(22)17(23)24)12-4-6-13(7-5-12)18(19,20)21/h3-9,15-16H,22H2,1-2H3/t15-,16-/m1/s1. The third-order valence-electron chi connectivity index (χ3n) is 4.49. The van der Waals surface area contributed by atoms with E-state index >= 15 is 0 Å². The third-order valence-corrected chi connectivity index (χ3v) is 4.49. The molecule has 1 fully saturated rings. The highest BCUT2D eigenvalue weighted by Gasteiger charge is 2.46. The summed E-state index contributed by atoms with van der Waals surface area (Å²) in [6.45, 7) is 3.91. The molecule has 24 heavy (non-hydrogen) atoms. The fourth-order valence-corrected chi connectivity index (χ4v) is 2.90. The first kappa shape index (κ1) is 16.5. The van der Waals surface area contributed by atoms with Gasteiger partial charge in [0.15, 0.2) is 0 Å². The molecule has 0 saturated carbocycles. The molecular weight excluding hydrogens is 317 g/mol. The van der Waals surface area contributed by atoms with E-state index in [1.807, 2.05) is 32.0 Å². The molecule has 0 bridgehead atoms. The zero-order valence-electron chi connectivity index (χ0n) is 13.3. The highest BCUT2D eigenvalue weighted by Crippen LogP contribution is 2.39. The second kappa shape index (κ2) is 5.63. The van der Waals surface area contributed by atoms with E-state index in [9.17, 15) is 18.0 Å². The molecular formula is C18H17F3N2O. The largest absolute Gasteiger partial charge is 0.416 e. The summed E-state index contributed by atoms with van der Waals surface area (Å²) in [4.78, 5) is 13.7. The molecule has 1 saturated heterocycles. The van der Waals surface area contributed by atoms with Crippen LogP contribution in [0.15, 0.2) is 42.5 Å². The Hall–Kier alpha value is -2.34. The van der Waals surface area contributed by atoms with Gasteiger partial charge in [-0.25, -0.2) is 0 Å². The number of halogens is 3. The summed E-state index contributed by atoms with van der Waals surface area (Å²) in [5.41, 5.74) is 8.61. The van der Waals surface area contributed by atoms with Gasteiger partial charge in [0.05, 0.1) is 11.6 Å². The van der Waals surface area contributed by atoms with E-state index in [0.717, 1.165) is 23.3 Å². The zero-order valence-corrected chi connectivity index (χ0v) is 13.3. The molecule has 0 aromatic heterocycles. The normalized spacial score (nSPS) is 20.9. The van der Waals surface area contributed by atoms with Crippen molar-refractivity contribution in [3.05, 3.63) is 64.7 Å². The number of aryl methyl sites for hydroxylation is 2. The van der Waals surface area contributed by atoms with Gasteiger partial charge in [0.25, 0.3) is 0 Å². The van der Waals surface area contributed by atoms with E-state index in [1.54, 1.807) is 4.90 Å². The maximum atomic E-state index is 12.7. The topological polar surface area (TPSA) is 46.3 Å². The molecule has 126 valence electrons. The van der Waals surface area contributed by atoms with Crippen molar-refractivity contribution >= 4 is 11.6 Å². The third kappa shape index (κ3) is 2.67. The number of hydrogen-bond donors (Lipinski definition) is 1. The second-order valence-electron chi connectivity index (χ2n) is 6.07. The summed E-state index contributed by atoms with van der Waals surface area (Å²) in [6, 6.07) is 9.21. The monoisotopic (exact) mass is 334 g/mol. The van der Waals surface area contributed by atoms with Gasteiger partial charge in [-0.2, -0.15) is 13.2 Å². The average molecular weight is 334 g/mol. The van der Waals surface area contributed by atoms with E-state index in [0.29, 0.717) is 11.3 Å². The van der Waals surface area contributed by atoms with E-state index in [4.69, 9.17) is 5.73 Å². The van der Waals surface area contributed by atoms with Gasteiger partial charge < -0.3 is 10.6 Å². The minimum absolute atomic E-state index is 0.233. The lowest BCUT2D eigenvalue weighted by Gasteiger charge is -2.45. The van der Waals surface area contributed by atoms with Crippen molar-refractivity contribution in [2.24, 2.45) is 5.73 Å². The number of rotatable bonds is 2. The number of anilines is 1. The Morgan fingerprint density at radius 1 is 1.00 bits per heavy atom. The number of carbonyl (C=O) groups is 1.